The zero-order valence-electron chi connectivity index (χ0n) is 12.3. The summed E-state index contributed by atoms with van der Waals surface area (Å²) in [6.07, 6.45) is 0.884. The van der Waals surface area contributed by atoms with Crippen LogP contribution >= 0.6 is 0 Å². The second-order valence-corrected chi connectivity index (χ2v) is 5.07. The molecule has 19 heavy (non-hydrogen) atoms. The second kappa shape index (κ2) is 6.51. The van der Waals surface area contributed by atoms with Gasteiger partial charge in [0.25, 0.3) is 0 Å². The van der Waals surface area contributed by atoms with Gasteiger partial charge in [-0.25, -0.2) is 4.68 Å². The number of likely N-dealkylation sites (N-methyl/N-ethyl adjacent to an activating group) is 1. The Morgan fingerprint density at radius 2 is 2.16 bits per heavy atom. The van der Waals surface area contributed by atoms with Crippen LogP contribution in [0.1, 0.15) is 26.0 Å². The minimum absolute atomic E-state index is 0.0825. The van der Waals surface area contributed by atoms with Gasteiger partial charge in [0.2, 0.25) is 5.82 Å². The molecule has 0 aliphatic rings. The SMILES string of the molecule is CCCn1nc(C)c([N+](=O)[O-])c1NC(C)CN(C)C. The van der Waals surface area contributed by atoms with Crippen molar-refractivity contribution in [1.82, 2.24) is 14.7 Å². The van der Waals surface area contributed by atoms with E-state index < -0.39 is 0 Å². The van der Waals surface area contributed by atoms with Gasteiger partial charge in [0.1, 0.15) is 5.69 Å². The number of nitro groups is 1. The van der Waals surface area contributed by atoms with Crippen LogP contribution in [0.2, 0.25) is 0 Å². The molecular formula is C12H23N5O2. The number of nitrogens with one attached hydrogen (secondary N) is 1. The maximum atomic E-state index is 11.2. The number of rotatable bonds is 7. The molecule has 0 aliphatic heterocycles. The molecule has 1 heterocycles. The van der Waals surface area contributed by atoms with Crippen LogP contribution in [0.3, 0.4) is 0 Å². The van der Waals surface area contributed by atoms with Crippen molar-refractivity contribution < 1.29 is 4.92 Å². The van der Waals surface area contributed by atoms with Gasteiger partial charge in [0, 0.05) is 19.1 Å². The Labute approximate surface area is 113 Å². The van der Waals surface area contributed by atoms with Crippen molar-refractivity contribution in [3.8, 4) is 0 Å². The third-order valence-electron chi connectivity index (χ3n) is 2.74. The van der Waals surface area contributed by atoms with E-state index in [4.69, 9.17) is 0 Å². The highest BCUT2D eigenvalue weighted by molar-refractivity contribution is 5.60. The van der Waals surface area contributed by atoms with Crippen LogP contribution in [0.25, 0.3) is 0 Å². The molecule has 1 N–H and O–H groups in total. The van der Waals surface area contributed by atoms with Gasteiger partial charge >= 0.3 is 5.69 Å². The third kappa shape index (κ3) is 3.92. The van der Waals surface area contributed by atoms with Crippen LogP contribution in [0, 0.1) is 17.0 Å². The maximum absolute atomic E-state index is 11.2. The quantitative estimate of drug-likeness (QED) is 0.604. The summed E-state index contributed by atoms with van der Waals surface area (Å²) in [4.78, 5) is 12.8. The summed E-state index contributed by atoms with van der Waals surface area (Å²) < 4.78 is 1.69. The first kappa shape index (κ1) is 15.4. The van der Waals surface area contributed by atoms with Crippen molar-refractivity contribution >= 4 is 11.5 Å². The van der Waals surface area contributed by atoms with Gasteiger partial charge in [0.15, 0.2) is 0 Å². The van der Waals surface area contributed by atoms with Crippen molar-refractivity contribution in [3.05, 3.63) is 15.8 Å². The number of hydrogen-bond acceptors (Lipinski definition) is 5. The first-order valence-corrected chi connectivity index (χ1v) is 6.49. The summed E-state index contributed by atoms with van der Waals surface area (Å²) in [5.41, 5.74) is 0.539. The van der Waals surface area contributed by atoms with Gasteiger partial charge in [0.05, 0.1) is 4.92 Å². The highest BCUT2D eigenvalue weighted by Crippen LogP contribution is 2.28. The molecule has 1 aromatic rings. The van der Waals surface area contributed by atoms with Crippen molar-refractivity contribution in [3.63, 3.8) is 0 Å². The van der Waals surface area contributed by atoms with E-state index in [-0.39, 0.29) is 16.7 Å². The molecule has 0 bridgehead atoms. The molecule has 0 saturated carbocycles. The highest BCUT2D eigenvalue weighted by atomic mass is 16.6. The van der Waals surface area contributed by atoms with E-state index in [2.05, 4.69) is 10.4 Å². The Hall–Kier alpha value is -1.63. The van der Waals surface area contributed by atoms with Gasteiger partial charge in [-0.3, -0.25) is 10.1 Å². The molecule has 0 amide bonds. The minimum atomic E-state index is -0.362. The highest BCUT2D eigenvalue weighted by Gasteiger charge is 2.26. The molecule has 0 fully saturated rings. The minimum Gasteiger partial charge on any atom is -0.361 e. The number of nitrogens with zero attached hydrogens (tertiary/aromatic N) is 4. The van der Waals surface area contributed by atoms with Gasteiger partial charge in [-0.1, -0.05) is 6.92 Å². The summed E-state index contributed by atoms with van der Waals surface area (Å²) in [7, 11) is 3.95. The van der Waals surface area contributed by atoms with Crippen LogP contribution in [-0.2, 0) is 6.54 Å². The Morgan fingerprint density at radius 1 is 1.53 bits per heavy atom. The first-order chi connectivity index (χ1) is 8.86. The van der Waals surface area contributed by atoms with E-state index in [0.717, 1.165) is 13.0 Å². The standard InChI is InChI=1S/C12H23N5O2/c1-6-7-16-12(13-9(2)8-15(4)5)11(17(18)19)10(3)14-16/h9,13H,6-8H2,1-5H3. The molecular weight excluding hydrogens is 246 g/mol. The largest absolute Gasteiger partial charge is 0.361 e. The predicted molar refractivity (Wildman–Crippen MR) is 75.5 cm³/mol. The molecule has 1 atom stereocenters. The number of aromatic nitrogens is 2. The Morgan fingerprint density at radius 3 is 2.63 bits per heavy atom. The first-order valence-electron chi connectivity index (χ1n) is 6.49. The van der Waals surface area contributed by atoms with Crippen molar-refractivity contribution in [2.45, 2.75) is 39.8 Å². The lowest BCUT2D eigenvalue weighted by Gasteiger charge is -2.19. The lowest BCUT2D eigenvalue weighted by atomic mass is 10.3. The zero-order chi connectivity index (χ0) is 14.6. The Kier molecular flexibility index (Phi) is 5.29. The van der Waals surface area contributed by atoms with Crippen LogP contribution in [0.5, 0.6) is 0 Å². The van der Waals surface area contributed by atoms with E-state index >= 15 is 0 Å². The van der Waals surface area contributed by atoms with Crippen LogP contribution in [0.15, 0.2) is 0 Å². The number of hydrogen-bond donors (Lipinski definition) is 1. The predicted octanol–water partition coefficient (Wildman–Crippen LogP) is 1.87. The lowest BCUT2D eigenvalue weighted by molar-refractivity contribution is -0.384. The number of anilines is 1. The Balaban J connectivity index is 3.04. The average Bonchev–Trinajstić information content (AvgIpc) is 2.54. The molecule has 1 rings (SSSR count). The second-order valence-electron chi connectivity index (χ2n) is 5.07. The van der Waals surface area contributed by atoms with Crippen molar-refractivity contribution in [2.75, 3.05) is 26.0 Å². The normalized spacial score (nSPS) is 12.7. The summed E-state index contributed by atoms with van der Waals surface area (Å²) in [6.45, 7) is 7.17. The molecule has 0 saturated heterocycles. The fourth-order valence-electron chi connectivity index (χ4n) is 2.13. The molecule has 0 radical (unpaired) electrons. The van der Waals surface area contributed by atoms with E-state index in [0.29, 0.717) is 18.1 Å². The van der Waals surface area contributed by atoms with E-state index in [1.165, 1.54) is 0 Å². The van der Waals surface area contributed by atoms with Crippen LogP contribution < -0.4 is 5.32 Å². The summed E-state index contributed by atoms with van der Waals surface area (Å²) in [6, 6.07) is 0.111. The zero-order valence-corrected chi connectivity index (χ0v) is 12.3. The Bertz CT molecular complexity index is 442. The lowest BCUT2D eigenvalue weighted by Crippen LogP contribution is -2.30. The molecule has 0 aliphatic carbocycles. The van der Waals surface area contributed by atoms with Gasteiger partial charge in [-0.15, -0.1) is 0 Å². The smallest absolute Gasteiger partial charge is 0.333 e. The van der Waals surface area contributed by atoms with Crippen LogP contribution in [0.4, 0.5) is 11.5 Å². The fourth-order valence-corrected chi connectivity index (χ4v) is 2.13. The number of aryl methyl sites for hydroxylation is 2. The van der Waals surface area contributed by atoms with Gasteiger partial charge in [-0.05, 0) is 34.4 Å². The molecule has 7 heteroatoms. The van der Waals surface area contributed by atoms with Gasteiger partial charge < -0.3 is 10.2 Å². The maximum Gasteiger partial charge on any atom is 0.333 e. The van der Waals surface area contributed by atoms with Gasteiger partial charge in [-0.2, -0.15) is 5.10 Å². The monoisotopic (exact) mass is 269 g/mol. The van der Waals surface area contributed by atoms with Crippen LogP contribution in [-0.4, -0.2) is 46.3 Å². The molecule has 0 aromatic carbocycles. The van der Waals surface area contributed by atoms with E-state index in [1.54, 1.807) is 11.6 Å². The summed E-state index contributed by atoms with van der Waals surface area (Å²) >= 11 is 0. The molecule has 1 aromatic heterocycles. The molecule has 7 nitrogen and oxygen atoms in total. The topological polar surface area (TPSA) is 76.2 Å². The van der Waals surface area contributed by atoms with Crippen molar-refractivity contribution in [1.29, 1.82) is 0 Å². The fraction of sp³-hybridized carbons (Fsp3) is 0.750. The molecule has 1 unspecified atom stereocenters. The third-order valence-corrected chi connectivity index (χ3v) is 2.74. The summed E-state index contributed by atoms with van der Waals surface area (Å²) in [5.74, 6) is 0.513. The van der Waals surface area contributed by atoms with E-state index in [1.807, 2.05) is 32.8 Å². The van der Waals surface area contributed by atoms with E-state index in [9.17, 15) is 10.1 Å². The summed E-state index contributed by atoms with van der Waals surface area (Å²) in [5, 5.41) is 18.6. The average molecular weight is 269 g/mol. The van der Waals surface area contributed by atoms with Crippen molar-refractivity contribution in [2.24, 2.45) is 0 Å². The molecule has 0 spiro atoms. The molecule has 108 valence electrons.